The van der Waals surface area contributed by atoms with Gasteiger partial charge in [-0.2, -0.15) is 65.9 Å². The molecule has 0 radical (unpaired) electrons. The van der Waals surface area contributed by atoms with Gasteiger partial charge in [0.05, 0.1) is 60.9 Å². The van der Waals surface area contributed by atoms with Gasteiger partial charge in [-0.05, 0) is 188 Å². The molecule has 0 bridgehead atoms. The molecule has 3 aliphatic rings. The second-order valence-corrected chi connectivity index (χ2v) is 27.6. The van der Waals surface area contributed by atoms with Crippen LogP contribution in [0, 0.1) is 6.92 Å². The number of nitrogens with zero attached hydrogens (tertiary/aromatic N) is 3. The fraction of sp³-hybridized carbons (Fsp3) is 0.114. The summed E-state index contributed by atoms with van der Waals surface area (Å²) in [4.78, 5) is 0. The van der Waals surface area contributed by atoms with Crippen molar-refractivity contribution in [3.05, 3.63) is 338 Å². The van der Waals surface area contributed by atoms with Crippen molar-refractivity contribution in [2.75, 3.05) is 0 Å². The third kappa shape index (κ3) is 9.56. The minimum Gasteiger partial charge on any atom is -0.309 e. The highest BCUT2D eigenvalue weighted by Crippen LogP contribution is 2.65. The predicted molar refractivity (Wildman–Crippen MR) is 382 cm³/mol. The Morgan fingerprint density at radius 1 is 0.321 bits per heavy atom. The van der Waals surface area contributed by atoms with E-state index in [2.05, 4.69) is 0 Å². The van der Waals surface area contributed by atoms with Crippen LogP contribution in [0.5, 0.6) is 0 Å². The minimum atomic E-state index is -5.22. The lowest BCUT2D eigenvalue weighted by Gasteiger charge is -2.27. The highest BCUT2D eigenvalue weighted by atomic mass is 19.4. The molecule has 0 saturated heterocycles. The van der Waals surface area contributed by atoms with E-state index in [1.807, 2.05) is 47.9 Å². The second-order valence-electron chi connectivity index (χ2n) is 27.6. The number of alkyl halides is 15. The fourth-order valence-corrected chi connectivity index (χ4v) is 17.9. The molecule has 13 aromatic carbocycles. The molecular weight excluding hydrogens is 1380 g/mol. The van der Waals surface area contributed by atoms with Crippen molar-refractivity contribution in [3.8, 4) is 50.4 Å². The van der Waals surface area contributed by atoms with Crippen molar-refractivity contribution in [1.82, 2.24) is 13.7 Å². The Morgan fingerprint density at radius 2 is 0.830 bits per heavy atom. The predicted octanol–water partition coefficient (Wildman–Crippen LogP) is 26.1. The molecule has 3 aliphatic carbocycles. The Labute approximate surface area is 592 Å². The van der Waals surface area contributed by atoms with Gasteiger partial charge in [0.1, 0.15) is 0 Å². The third-order valence-electron chi connectivity index (χ3n) is 22.0. The summed E-state index contributed by atoms with van der Waals surface area (Å²) in [5, 5.41) is 2.44. The van der Waals surface area contributed by atoms with E-state index >= 15 is 26.3 Å². The summed E-state index contributed by atoms with van der Waals surface area (Å²) in [6, 6.07) is 65.1. The minimum absolute atomic E-state index is 0.00692. The number of fused-ring (bicyclic) bond motifs is 21. The number of hydrogen-bond donors (Lipinski definition) is 0. The molecule has 0 N–H and O–H groups in total. The largest absolute Gasteiger partial charge is 0.417 e. The van der Waals surface area contributed by atoms with E-state index in [4.69, 9.17) is 0 Å². The van der Waals surface area contributed by atoms with Crippen LogP contribution < -0.4 is 0 Å². The van der Waals surface area contributed by atoms with E-state index in [0.29, 0.717) is 111 Å². The summed E-state index contributed by atoms with van der Waals surface area (Å²) in [6.07, 6.45) is -25.2. The van der Waals surface area contributed by atoms with Gasteiger partial charge in [0, 0.05) is 72.7 Å². The number of benzene rings is 13. The number of aromatic nitrogens is 3. The molecule has 2 unspecified atom stereocenters. The quantitative estimate of drug-likeness (QED) is 0.141. The van der Waals surface area contributed by atoms with Gasteiger partial charge in [-0.15, -0.1) is 0 Å². The SMILES string of the molecule is Cc1cc2c(cc1-n1c3ccccc3c3c4c(c5c(c31)-c1ccccc1C5Cc1cc3c5ccc(C(F)(F)F)cc5n(-c5ccccc5)c3cc1C(F)(F)F)-c1ccccc1C4c1ccc3c(c1C(F)(F)F)[C@@H](c1ccccc1)c1cc(C(F)(F)F)ccc1-3)c1ccc(C(F)(F)F)cc1n2-c1ccccc1. The van der Waals surface area contributed by atoms with Crippen LogP contribution in [0.1, 0.15) is 101 Å². The summed E-state index contributed by atoms with van der Waals surface area (Å²) >= 11 is 0. The van der Waals surface area contributed by atoms with Gasteiger partial charge in [0.15, 0.2) is 0 Å². The van der Waals surface area contributed by atoms with Crippen LogP contribution >= 0.6 is 0 Å². The fourth-order valence-electron chi connectivity index (χ4n) is 17.9. The Balaban J connectivity index is 0.949. The maximum atomic E-state index is 17.6. The number of aryl methyl sites for hydroxylation is 1. The van der Waals surface area contributed by atoms with E-state index in [1.54, 1.807) is 144 Å². The summed E-state index contributed by atoms with van der Waals surface area (Å²) in [6.45, 7) is 1.85. The smallest absolute Gasteiger partial charge is 0.309 e. The van der Waals surface area contributed by atoms with Gasteiger partial charge in [0.2, 0.25) is 0 Å². The van der Waals surface area contributed by atoms with Crippen molar-refractivity contribution < 1.29 is 65.9 Å². The molecule has 16 aromatic rings. The molecule has 18 heteroatoms. The topological polar surface area (TPSA) is 14.8 Å². The van der Waals surface area contributed by atoms with Crippen molar-refractivity contribution in [2.24, 2.45) is 0 Å². The molecular formula is C88H50F15N3. The summed E-state index contributed by atoms with van der Waals surface area (Å²) < 4.78 is 241. The molecule has 3 heterocycles. The van der Waals surface area contributed by atoms with E-state index < -0.39 is 82.9 Å². The van der Waals surface area contributed by atoms with Gasteiger partial charge in [-0.1, -0.05) is 164 Å². The standard InChI is InChI=1S/C88H50F15N3/c1-45-37-70-64(56-34-31-50(86(95,96)97)42-72(56)104(70)51-19-7-3-8-20-51)43-69(45)106-68-28-16-15-27-61(68)80-81-75(62-36-35-60-54-32-29-48(84(89,90)91)40-66(54)74(46-17-5-2-6-18-46)78(60)82(62)88(101,102)103)58-25-13-14-26-59(58)76(81)77-65(53-23-11-12-24-57(53)79(77)83(80)106)39-47-38-63-55-33-30-49(85(92,93)94)41-71(55)105(52-21-9-4-10-22-52)73(63)44-67(47)87(98,99)100/h2-38,40-44,65,74-75H,39H2,1H3/t65?,74-,75?/m0/s1. The van der Waals surface area contributed by atoms with Gasteiger partial charge in [-0.25, -0.2) is 0 Å². The highest BCUT2D eigenvalue weighted by molar-refractivity contribution is 6.22. The summed E-state index contributed by atoms with van der Waals surface area (Å²) in [5.74, 6) is -3.82. The molecule has 0 amide bonds. The number of para-hydroxylation sites is 3. The van der Waals surface area contributed by atoms with E-state index in [1.165, 1.54) is 41.0 Å². The highest BCUT2D eigenvalue weighted by Gasteiger charge is 2.50. The lowest BCUT2D eigenvalue weighted by molar-refractivity contribution is -0.139. The van der Waals surface area contributed by atoms with Crippen LogP contribution in [0.3, 0.4) is 0 Å². The van der Waals surface area contributed by atoms with Gasteiger partial charge in [0.25, 0.3) is 0 Å². The first-order valence-electron chi connectivity index (χ1n) is 34.1. The van der Waals surface area contributed by atoms with Crippen molar-refractivity contribution in [1.29, 1.82) is 0 Å². The van der Waals surface area contributed by atoms with Crippen LogP contribution in [0.2, 0.25) is 0 Å². The summed E-state index contributed by atoms with van der Waals surface area (Å²) in [5.41, 5.74) is 2.14. The van der Waals surface area contributed by atoms with E-state index in [9.17, 15) is 39.5 Å². The first kappa shape index (κ1) is 65.0. The first-order valence-corrected chi connectivity index (χ1v) is 34.1. The van der Waals surface area contributed by atoms with Crippen LogP contribution in [0.15, 0.2) is 255 Å². The monoisotopic (exact) mass is 1430 g/mol. The van der Waals surface area contributed by atoms with Gasteiger partial charge < -0.3 is 13.7 Å². The molecule has 522 valence electrons. The lowest BCUT2D eigenvalue weighted by Crippen LogP contribution is -2.18. The molecule has 3 nitrogen and oxygen atoms in total. The summed E-state index contributed by atoms with van der Waals surface area (Å²) in [7, 11) is 0. The number of hydrogen-bond acceptors (Lipinski definition) is 0. The van der Waals surface area contributed by atoms with Crippen molar-refractivity contribution >= 4 is 65.4 Å². The average molecular weight is 1430 g/mol. The molecule has 3 atom stereocenters. The van der Waals surface area contributed by atoms with Crippen molar-refractivity contribution in [2.45, 2.75) is 62.0 Å². The van der Waals surface area contributed by atoms with E-state index in [0.717, 1.165) is 42.5 Å². The molecule has 0 aliphatic heterocycles. The van der Waals surface area contributed by atoms with Crippen LogP contribution in [-0.4, -0.2) is 13.7 Å². The van der Waals surface area contributed by atoms with Crippen LogP contribution in [0.4, 0.5) is 65.9 Å². The maximum Gasteiger partial charge on any atom is 0.417 e. The Bertz CT molecular complexity index is 6420. The maximum absolute atomic E-state index is 17.6. The average Bonchev–Trinajstić information content (AvgIpc) is 1.50. The Kier molecular flexibility index (Phi) is 13.9. The van der Waals surface area contributed by atoms with Gasteiger partial charge >= 0.3 is 30.9 Å². The Hall–Kier alpha value is -11.8. The lowest BCUT2D eigenvalue weighted by atomic mass is 9.78. The van der Waals surface area contributed by atoms with Gasteiger partial charge in [-0.3, -0.25) is 0 Å². The third-order valence-corrected chi connectivity index (χ3v) is 22.0. The molecule has 19 rings (SSSR count). The Morgan fingerprint density at radius 3 is 1.43 bits per heavy atom. The van der Waals surface area contributed by atoms with E-state index in [-0.39, 0.29) is 60.7 Å². The second kappa shape index (κ2) is 22.6. The molecule has 0 spiro atoms. The zero-order valence-electron chi connectivity index (χ0n) is 55.2. The molecule has 106 heavy (non-hydrogen) atoms. The molecule has 0 saturated carbocycles. The zero-order valence-corrected chi connectivity index (χ0v) is 55.2. The normalized spacial score (nSPS) is 15.7. The number of rotatable bonds is 7. The van der Waals surface area contributed by atoms with Crippen LogP contribution in [0.25, 0.3) is 116 Å². The number of halogens is 15. The molecule has 0 fully saturated rings. The zero-order chi connectivity index (χ0) is 73.2. The molecule has 3 aromatic heterocycles. The van der Waals surface area contributed by atoms with Crippen LogP contribution in [-0.2, 0) is 37.3 Å². The van der Waals surface area contributed by atoms with Crippen molar-refractivity contribution in [3.63, 3.8) is 0 Å². The first-order chi connectivity index (χ1) is 50.7.